The third-order valence-corrected chi connectivity index (χ3v) is 13.0. The van der Waals surface area contributed by atoms with Crippen molar-refractivity contribution in [2.24, 2.45) is 0 Å². The fraction of sp³-hybridized carbons (Fsp3) is 1.00. The summed E-state index contributed by atoms with van der Waals surface area (Å²) in [6.45, 7) is 19.1. The lowest BCUT2D eigenvalue weighted by Crippen LogP contribution is -2.53. The molecular formula is C16H39NO2Si2. The van der Waals surface area contributed by atoms with E-state index in [1.807, 2.05) is 0 Å². The second kappa shape index (κ2) is 10.2. The average Bonchev–Trinajstić information content (AvgIpc) is 2.37. The van der Waals surface area contributed by atoms with Crippen molar-refractivity contribution in [2.45, 2.75) is 78.1 Å². The molecule has 0 unspecified atom stereocenters. The van der Waals surface area contributed by atoms with Crippen LogP contribution in [0.4, 0.5) is 0 Å². The first-order valence-corrected chi connectivity index (χ1v) is 13.3. The van der Waals surface area contributed by atoms with E-state index in [9.17, 15) is 0 Å². The van der Waals surface area contributed by atoms with Crippen molar-refractivity contribution >= 4 is 17.5 Å². The molecule has 0 N–H and O–H groups in total. The van der Waals surface area contributed by atoms with Crippen molar-refractivity contribution in [3.05, 3.63) is 0 Å². The van der Waals surface area contributed by atoms with Crippen LogP contribution >= 0.6 is 0 Å². The van der Waals surface area contributed by atoms with Crippen molar-refractivity contribution in [3.63, 3.8) is 0 Å². The van der Waals surface area contributed by atoms with E-state index < -0.39 is 17.5 Å². The first kappa shape index (κ1) is 21.3. The molecule has 21 heavy (non-hydrogen) atoms. The molecule has 0 aromatic carbocycles. The first-order chi connectivity index (χ1) is 9.66. The quantitative estimate of drug-likeness (QED) is 0.413. The van der Waals surface area contributed by atoms with Gasteiger partial charge in [0.2, 0.25) is 0 Å². The molecule has 0 aliphatic heterocycles. The Morgan fingerprint density at radius 2 is 1.48 bits per heavy atom. The van der Waals surface area contributed by atoms with Crippen LogP contribution in [0.3, 0.4) is 0 Å². The van der Waals surface area contributed by atoms with Gasteiger partial charge in [0.15, 0.2) is 0 Å². The van der Waals surface area contributed by atoms with Gasteiger partial charge in [-0.05, 0) is 44.9 Å². The Morgan fingerprint density at radius 1 is 0.952 bits per heavy atom. The highest BCUT2D eigenvalue weighted by molar-refractivity contribution is 6.77. The molecule has 0 aliphatic rings. The van der Waals surface area contributed by atoms with Gasteiger partial charge in [0.25, 0.3) is 0 Å². The summed E-state index contributed by atoms with van der Waals surface area (Å²) in [6, 6.07) is 1.16. The zero-order valence-corrected chi connectivity index (χ0v) is 17.9. The molecule has 128 valence electrons. The lowest BCUT2D eigenvalue weighted by atomic mass is 10.2. The highest BCUT2D eigenvalue weighted by Gasteiger charge is 2.38. The molecule has 3 nitrogen and oxygen atoms in total. The van der Waals surface area contributed by atoms with E-state index in [4.69, 9.17) is 8.85 Å². The Balaban J connectivity index is 3.94. The molecule has 0 atom stereocenters. The molecule has 0 heterocycles. The van der Waals surface area contributed by atoms with Crippen molar-refractivity contribution in [1.82, 2.24) is 4.57 Å². The standard InChI is InChI=1S/C16H39NO2Si2/c1-9-18-20(19-10-2)15-13-11-12-14-17(6)21(7,8)16(3,4)5/h20H,9-15H2,1-8H3. The molecule has 0 aromatic rings. The minimum atomic E-state index is -1.37. The topological polar surface area (TPSA) is 21.7 Å². The first-order valence-electron chi connectivity index (χ1n) is 8.61. The van der Waals surface area contributed by atoms with Crippen LogP contribution in [0.15, 0.2) is 0 Å². The average molecular weight is 334 g/mol. The number of nitrogens with zero attached hydrogens (tertiary/aromatic N) is 1. The Bertz CT molecular complexity index is 261. The van der Waals surface area contributed by atoms with Gasteiger partial charge < -0.3 is 13.4 Å². The summed E-state index contributed by atoms with van der Waals surface area (Å²) < 4.78 is 14.1. The van der Waals surface area contributed by atoms with Crippen LogP contribution < -0.4 is 0 Å². The molecule has 0 aromatic heterocycles. The molecule has 0 radical (unpaired) electrons. The highest BCUT2D eigenvalue weighted by atomic mass is 28.3. The fourth-order valence-electron chi connectivity index (χ4n) is 2.28. The normalized spacial score (nSPS) is 13.4. The van der Waals surface area contributed by atoms with Crippen molar-refractivity contribution in [2.75, 3.05) is 26.8 Å². The molecule has 0 saturated carbocycles. The van der Waals surface area contributed by atoms with Crippen LogP contribution in [0.2, 0.25) is 24.2 Å². The number of hydrogen-bond donors (Lipinski definition) is 0. The van der Waals surface area contributed by atoms with Crippen LogP contribution in [-0.4, -0.2) is 48.9 Å². The van der Waals surface area contributed by atoms with Crippen molar-refractivity contribution < 1.29 is 8.85 Å². The summed E-state index contributed by atoms with van der Waals surface area (Å²) in [4.78, 5) is 0. The van der Waals surface area contributed by atoms with Crippen molar-refractivity contribution in [3.8, 4) is 0 Å². The van der Waals surface area contributed by atoms with Crippen LogP contribution in [0.1, 0.15) is 53.9 Å². The van der Waals surface area contributed by atoms with E-state index in [2.05, 4.69) is 59.3 Å². The minimum Gasteiger partial charge on any atom is -0.397 e. The van der Waals surface area contributed by atoms with Crippen LogP contribution in [0, 0.1) is 0 Å². The Kier molecular flexibility index (Phi) is 10.3. The lowest BCUT2D eigenvalue weighted by Gasteiger charge is -2.44. The summed E-state index contributed by atoms with van der Waals surface area (Å²) in [5, 5.41) is 0.434. The Morgan fingerprint density at radius 3 is 1.90 bits per heavy atom. The number of hydrogen-bond acceptors (Lipinski definition) is 3. The van der Waals surface area contributed by atoms with Crippen LogP contribution in [0.5, 0.6) is 0 Å². The van der Waals surface area contributed by atoms with Gasteiger partial charge in [-0.15, -0.1) is 0 Å². The van der Waals surface area contributed by atoms with E-state index in [0.717, 1.165) is 19.3 Å². The molecule has 0 aliphatic carbocycles. The van der Waals surface area contributed by atoms with Gasteiger partial charge in [-0.25, -0.2) is 0 Å². The summed E-state index contributed by atoms with van der Waals surface area (Å²) in [5.74, 6) is 0. The van der Waals surface area contributed by atoms with Gasteiger partial charge in [0.1, 0.15) is 8.24 Å². The number of rotatable bonds is 11. The van der Waals surface area contributed by atoms with E-state index in [0.29, 0.717) is 5.04 Å². The third kappa shape index (κ3) is 7.93. The molecule has 0 rings (SSSR count). The Labute approximate surface area is 136 Å². The summed E-state index contributed by atoms with van der Waals surface area (Å²) in [6.07, 6.45) is 3.84. The molecule has 0 saturated heterocycles. The monoisotopic (exact) mass is 333 g/mol. The molecule has 0 amide bonds. The number of unbranched alkanes of at least 4 members (excludes halogenated alkanes) is 2. The van der Waals surface area contributed by atoms with Crippen molar-refractivity contribution in [1.29, 1.82) is 0 Å². The summed E-state index contributed by atoms with van der Waals surface area (Å²) in [5.41, 5.74) is 0. The zero-order chi connectivity index (χ0) is 16.5. The second-order valence-electron chi connectivity index (χ2n) is 7.42. The largest absolute Gasteiger partial charge is 0.397 e. The smallest absolute Gasteiger partial charge is 0.321 e. The maximum Gasteiger partial charge on any atom is 0.321 e. The van der Waals surface area contributed by atoms with E-state index in [-0.39, 0.29) is 0 Å². The minimum absolute atomic E-state index is 0.434. The van der Waals surface area contributed by atoms with E-state index in [1.54, 1.807) is 0 Å². The zero-order valence-electron chi connectivity index (χ0n) is 15.8. The van der Waals surface area contributed by atoms with Gasteiger partial charge in [0.05, 0.1) is 0 Å². The van der Waals surface area contributed by atoms with Crippen LogP contribution in [-0.2, 0) is 8.85 Å². The summed E-state index contributed by atoms with van der Waals surface area (Å²) >= 11 is 0. The molecule has 0 bridgehead atoms. The lowest BCUT2D eigenvalue weighted by molar-refractivity contribution is 0.212. The van der Waals surface area contributed by atoms with Gasteiger partial charge in [-0.2, -0.15) is 0 Å². The van der Waals surface area contributed by atoms with E-state index >= 15 is 0 Å². The third-order valence-electron chi connectivity index (χ3n) is 4.93. The van der Waals surface area contributed by atoms with Gasteiger partial charge >= 0.3 is 9.28 Å². The maximum absolute atomic E-state index is 5.72. The van der Waals surface area contributed by atoms with Crippen LogP contribution in [0.25, 0.3) is 0 Å². The molecule has 0 fully saturated rings. The molecular weight excluding hydrogens is 294 g/mol. The Hall–Kier alpha value is 0.314. The fourth-order valence-corrected chi connectivity index (χ4v) is 5.93. The summed E-state index contributed by atoms with van der Waals surface area (Å²) in [7, 11) is -0.375. The van der Waals surface area contributed by atoms with Gasteiger partial charge in [-0.3, -0.25) is 0 Å². The SMILES string of the molecule is CCO[SiH](CCCCCN(C)[Si](C)(C)C(C)(C)C)OCC. The predicted molar refractivity (Wildman–Crippen MR) is 98.9 cm³/mol. The van der Waals surface area contributed by atoms with Gasteiger partial charge in [0, 0.05) is 13.2 Å². The highest BCUT2D eigenvalue weighted by Crippen LogP contribution is 2.37. The predicted octanol–water partition coefficient (Wildman–Crippen LogP) is 4.39. The molecule has 5 heteroatoms. The second-order valence-corrected chi connectivity index (χ2v) is 14.9. The molecule has 0 spiro atoms. The van der Waals surface area contributed by atoms with E-state index in [1.165, 1.54) is 25.8 Å². The maximum atomic E-state index is 5.72. The van der Waals surface area contributed by atoms with Gasteiger partial charge in [-0.1, -0.05) is 46.7 Å².